The molecule has 0 saturated carbocycles. The van der Waals surface area contributed by atoms with Crippen molar-refractivity contribution in [2.75, 3.05) is 12.8 Å². The van der Waals surface area contributed by atoms with Gasteiger partial charge in [-0.15, -0.1) is 0 Å². The number of nitrogens with two attached hydrogens (primary N) is 1. The number of ether oxygens (including phenoxy) is 1. The van der Waals surface area contributed by atoms with Crippen LogP contribution in [0, 0.1) is 11.3 Å². The van der Waals surface area contributed by atoms with Gasteiger partial charge in [0.15, 0.2) is 0 Å². The van der Waals surface area contributed by atoms with Crippen molar-refractivity contribution in [2.24, 2.45) is 0 Å². The summed E-state index contributed by atoms with van der Waals surface area (Å²) in [5.74, 6) is -0.428. The van der Waals surface area contributed by atoms with Crippen molar-refractivity contribution in [1.82, 2.24) is 0 Å². The summed E-state index contributed by atoms with van der Waals surface area (Å²) in [6.07, 6.45) is 3.77. The third-order valence-corrected chi connectivity index (χ3v) is 1.92. The molecular formula is C12H12N2O2. The molecule has 1 aromatic rings. The highest BCUT2D eigenvalue weighted by Gasteiger charge is 2.06. The smallest absolute Gasteiger partial charge is 0.337 e. The maximum absolute atomic E-state index is 11.3. The molecule has 16 heavy (non-hydrogen) atoms. The molecule has 0 saturated heterocycles. The van der Waals surface area contributed by atoms with Crippen LogP contribution in [0.5, 0.6) is 0 Å². The highest BCUT2D eigenvalue weighted by molar-refractivity contribution is 5.91. The van der Waals surface area contributed by atoms with Gasteiger partial charge < -0.3 is 10.5 Å². The van der Waals surface area contributed by atoms with E-state index in [-0.39, 0.29) is 0 Å². The van der Waals surface area contributed by atoms with Crippen LogP contribution in [-0.4, -0.2) is 13.1 Å². The Kier molecular flexibility index (Phi) is 4.10. The molecule has 4 nitrogen and oxygen atoms in total. The number of allylic oxidation sites excluding steroid dienone is 1. The molecule has 82 valence electrons. The minimum atomic E-state index is -0.428. The fourth-order valence-corrected chi connectivity index (χ4v) is 1.26. The van der Waals surface area contributed by atoms with Crippen LogP contribution in [-0.2, 0) is 4.74 Å². The normalized spacial score (nSPS) is 10.0. The first kappa shape index (κ1) is 11.8. The number of carbonyl (C=O) groups is 1. The van der Waals surface area contributed by atoms with Gasteiger partial charge in [-0.05, 0) is 23.8 Å². The van der Waals surface area contributed by atoms with E-state index in [1.807, 2.05) is 6.07 Å². The maximum Gasteiger partial charge on any atom is 0.337 e. The molecule has 0 atom stereocenters. The van der Waals surface area contributed by atoms with Gasteiger partial charge in [0.2, 0.25) is 0 Å². The predicted octanol–water partition coefficient (Wildman–Crippen LogP) is 1.98. The average molecular weight is 216 g/mol. The fraction of sp³-hybridized carbons (Fsp3) is 0.167. The van der Waals surface area contributed by atoms with E-state index in [2.05, 4.69) is 4.74 Å². The number of esters is 1. The number of methoxy groups -OCH3 is 1. The largest absolute Gasteiger partial charge is 0.465 e. The molecule has 0 fully saturated rings. The second kappa shape index (κ2) is 5.56. The van der Waals surface area contributed by atoms with Crippen molar-refractivity contribution < 1.29 is 9.53 Å². The molecule has 0 aliphatic heterocycles. The molecule has 0 bridgehead atoms. The summed E-state index contributed by atoms with van der Waals surface area (Å²) in [5.41, 5.74) is 7.31. The molecule has 0 heterocycles. The van der Waals surface area contributed by atoms with E-state index in [1.54, 1.807) is 30.4 Å². The van der Waals surface area contributed by atoms with Crippen LogP contribution in [0.4, 0.5) is 5.69 Å². The number of rotatable bonds is 3. The van der Waals surface area contributed by atoms with Crippen molar-refractivity contribution in [3.8, 4) is 6.07 Å². The lowest BCUT2D eigenvalue weighted by atomic mass is 10.1. The summed E-state index contributed by atoms with van der Waals surface area (Å²) in [6.45, 7) is 0. The monoisotopic (exact) mass is 216 g/mol. The van der Waals surface area contributed by atoms with E-state index < -0.39 is 5.97 Å². The first-order chi connectivity index (χ1) is 7.67. The number of benzene rings is 1. The molecule has 0 spiro atoms. The third-order valence-electron chi connectivity index (χ3n) is 1.92. The Bertz CT molecular complexity index is 459. The summed E-state index contributed by atoms with van der Waals surface area (Å²) in [6, 6.07) is 6.93. The number of anilines is 1. The second-order valence-corrected chi connectivity index (χ2v) is 3.14. The molecule has 0 amide bonds. The second-order valence-electron chi connectivity index (χ2n) is 3.14. The number of nitriles is 1. The summed E-state index contributed by atoms with van der Waals surface area (Å²) < 4.78 is 4.60. The van der Waals surface area contributed by atoms with Crippen LogP contribution >= 0.6 is 0 Å². The highest BCUT2D eigenvalue weighted by Crippen LogP contribution is 2.14. The quantitative estimate of drug-likeness (QED) is 0.619. The molecule has 1 aromatic carbocycles. The zero-order chi connectivity index (χ0) is 12.0. The molecule has 0 aliphatic carbocycles. The Morgan fingerprint density at radius 1 is 1.56 bits per heavy atom. The minimum absolute atomic E-state index is 0.322. The lowest BCUT2D eigenvalue weighted by Gasteiger charge is -2.02. The van der Waals surface area contributed by atoms with E-state index in [0.717, 1.165) is 5.56 Å². The number of hydrogen-bond acceptors (Lipinski definition) is 4. The lowest BCUT2D eigenvalue weighted by Crippen LogP contribution is -2.02. The Morgan fingerprint density at radius 2 is 2.31 bits per heavy atom. The Balaban J connectivity index is 2.99. The van der Waals surface area contributed by atoms with E-state index >= 15 is 0 Å². The van der Waals surface area contributed by atoms with Crippen LogP contribution in [0.15, 0.2) is 24.3 Å². The van der Waals surface area contributed by atoms with Gasteiger partial charge >= 0.3 is 5.97 Å². The van der Waals surface area contributed by atoms with Gasteiger partial charge in [-0.3, -0.25) is 0 Å². The van der Waals surface area contributed by atoms with Crippen LogP contribution < -0.4 is 5.73 Å². The fourth-order valence-electron chi connectivity index (χ4n) is 1.26. The van der Waals surface area contributed by atoms with Gasteiger partial charge in [-0.25, -0.2) is 4.79 Å². The molecule has 0 unspecified atom stereocenters. The highest BCUT2D eigenvalue weighted by atomic mass is 16.5. The molecular weight excluding hydrogens is 204 g/mol. The van der Waals surface area contributed by atoms with Gasteiger partial charge in [-0.1, -0.05) is 12.2 Å². The molecule has 4 heteroatoms. The van der Waals surface area contributed by atoms with Crippen LogP contribution in [0.1, 0.15) is 22.3 Å². The van der Waals surface area contributed by atoms with Gasteiger partial charge in [0.1, 0.15) is 0 Å². The summed E-state index contributed by atoms with van der Waals surface area (Å²) in [7, 11) is 1.32. The van der Waals surface area contributed by atoms with Crippen LogP contribution in [0.3, 0.4) is 0 Å². The van der Waals surface area contributed by atoms with Crippen LogP contribution in [0.2, 0.25) is 0 Å². The number of nitrogens with zero attached hydrogens (tertiary/aromatic N) is 1. The van der Waals surface area contributed by atoms with Gasteiger partial charge in [0.25, 0.3) is 0 Å². The SMILES string of the molecule is COC(=O)c1cc(N)cc(C=CCC#N)c1. The van der Waals surface area contributed by atoms with Crippen molar-refractivity contribution in [3.63, 3.8) is 0 Å². The topological polar surface area (TPSA) is 76.1 Å². The molecule has 1 rings (SSSR count). The van der Waals surface area contributed by atoms with Crippen molar-refractivity contribution in [3.05, 3.63) is 35.4 Å². The van der Waals surface area contributed by atoms with E-state index in [4.69, 9.17) is 11.0 Å². The number of hydrogen-bond donors (Lipinski definition) is 1. The van der Waals surface area contributed by atoms with Crippen molar-refractivity contribution in [2.45, 2.75) is 6.42 Å². The Morgan fingerprint density at radius 3 is 2.94 bits per heavy atom. The molecule has 2 N–H and O–H groups in total. The third kappa shape index (κ3) is 3.14. The average Bonchev–Trinajstić information content (AvgIpc) is 2.27. The van der Waals surface area contributed by atoms with E-state index in [0.29, 0.717) is 17.7 Å². The lowest BCUT2D eigenvalue weighted by molar-refractivity contribution is 0.0601. The van der Waals surface area contributed by atoms with E-state index in [1.165, 1.54) is 7.11 Å². The van der Waals surface area contributed by atoms with Gasteiger partial charge in [0.05, 0.1) is 25.2 Å². The number of carbonyl (C=O) groups excluding carboxylic acids is 1. The molecule has 0 radical (unpaired) electrons. The summed E-state index contributed by atoms with van der Waals surface area (Å²) in [5, 5.41) is 8.38. The van der Waals surface area contributed by atoms with Gasteiger partial charge in [-0.2, -0.15) is 5.26 Å². The summed E-state index contributed by atoms with van der Waals surface area (Å²) in [4.78, 5) is 11.3. The first-order valence-electron chi connectivity index (χ1n) is 4.69. The van der Waals surface area contributed by atoms with E-state index in [9.17, 15) is 4.79 Å². The number of nitrogen functional groups attached to an aromatic ring is 1. The Hall–Kier alpha value is -2.28. The Labute approximate surface area is 93.9 Å². The first-order valence-corrected chi connectivity index (χ1v) is 4.69. The van der Waals surface area contributed by atoms with Crippen molar-refractivity contribution in [1.29, 1.82) is 5.26 Å². The predicted molar refractivity (Wildman–Crippen MR) is 61.5 cm³/mol. The maximum atomic E-state index is 11.3. The standard InChI is InChI=1S/C12H12N2O2/c1-16-12(15)10-6-9(4-2-3-5-13)7-11(14)8-10/h2,4,6-8H,3,14H2,1H3. The van der Waals surface area contributed by atoms with Crippen LogP contribution in [0.25, 0.3) is 6.08 Å². The zero-order valence-corrected chi connectivity index (χ0v) is 8.93. The molecule has 0 aromatic heterocycles. The van der Waals surface area contributed by atoms with Crippen molar-refractivity contribution >= 4 is 17.7 Å². The summed E-state index contributed by atoms with van der Waals surface area (Å²) >= 11 is 0. The minimum Gasteiger partial charge on any atom is -0.465 e. The zero-order valence-electron chi connectivity index (χ0n) is 8.93. The van der Waals surface area contributed by atoms with Gasteiger partial charge in [0, 0.05) is 5.69 Å². The molecule has 0 aliphatic rings.